The lowest BCUT2D eigenvalue weighted by molar-refractivity contribution is 1.14. The van der Waals surface area contributed by atoms with Crippen molar-refractivity contribution < 1.29 is 0 Å². The molecule has 0 fully saturated rings. The summed E-state index contributed by atoms with van der Waals surface area (Å²) in [6, 6.07) is 15.8. The molecule has 0 atom stereocenters. The Labute approximate surface area is 133 Å². The van der Waals surface area contributed by atoms with E-state index in [2.05, 4.69) is 6.92 Å². The second-order valence-corrected chi connectivity index (χ2v) is 6.66. The lowest BCUT2D eigenvalue weighted by Crippen LogP contribution is -1.89. The summed E-state index contributed by atoms with van der Waals surface area (Å²) in [6.45, 7) is 2.11. The zero-order valence-corrected chi connectivity index (χ0v) is 13.2. The predicted molar refractivity (Wildman–Crippen MR) is 91.0 cm³/mol. The third kappa shape index (κ3) is 3.26. The molecule has 2 N–H and O–H groups in total. The summed E-state index contributed by atoms with van der Waals surface area (Å²) in [5.41, 5.74) is 9.88. The molecule has 0 amide bonds. The number of aryl methyl sites for hydroxylation is 1. The molecule has 0 aliphatic heterocycles. The van der Waals surface area contributed by atoms with Crippen LogP contribution in [0.3, 0.4) is 0 Å². The molecule has 0 bridgehead atoms. The molecule has 1 heterocycles. The third-order valence-corrected chi connectivity index (χ3v) is 4.52. The van der Waals surface area contributed by atoms with E-state index in [1.165, 1.54) is 10.4 Å². The Kier molecular flexibility index (Phi) is 3.95. The number of aromatic nitrogens is 1. The van der Waals surface area contributed by atoms with Gasteiger partial charge in [-0.25, -0.2) is 4.98 Å². The zero-order valence-electron chi connectivity index (χ0n) is 11.6. The van der Waals surface area contributed by atoms with Gasteiger partial charge in [0.1, 0.15) is 0 Å². The number of hydrogen-bond donors (Lipinski definition) is 1. The second-order valence-electron chi connectivity index (χ2n) is 4.94. The first kappa shape index (κ1) is 14.1. The van der Waals surface area contributed by atoms with Crippen LogP contribution in [0, 0.1) is 6.92 Å². The van der Waals surface area contributed by atoms with Crippen molar-refractivity contribution in [2.75, 3.05) is 5.73 Å². The number of benzene rings is 2. The molecule has 4 heteroatoms. The molecule has 0 aliphatic carbocycles. The molecule has 0 aliphatic rings. The molecule has 0 unspecified atom stereocenters. The van der Waals surface area contributed by atoms with Gasteiger partial charge in [-0.2, -0.15) is 0 Å². The number of anilines is 1. The molecule has 3 rings (SSSR count). The fraction of sp³-hybridized carbons (Fsp3) is 0.118. The summed E-state index contributed by atoms with van der Waals surface area (Å²) in [4.78, 5) is 6.00. The van der Waals surface area contributed by atoms with E-state index in [4.69, 9.17) is 22.3 Å². The summed E-state index contributed by atoms with van der Waals surface area (Å²) in [7, 11) is 0. The Bertz CT molecular complexity index is 745. The second kappa shape index (κ2) is 5.88. The summed E-state index contributed by atoms with van der Waals surface area (Å²) >= 11 is 7.67. The number of rotatable bonds is 3. The fourth-order valence-corrected chi connectivity index (χ4v) is 3.33. The third-order valence-electron chi connectivity index (χ3n) is 3.29. The van der Waals surface area contributed by atoms with Crippen LogP contribution in [0.25, 0.3) is 11.3 Å². The van der Waals surface area contributed by atoms with Crippen LogP contribution in [0.15, 0.2) is 48.5 Å². The van der Waals surface area contributed by atoms with Gasteiger partial charge >= 0.3 is 0 Å². The largest absolute Gasteiger partial charge is 0.399 e. The van der Waals surface area contributed by atoms with Crippen LogP contribution in [0.1, 0.15) is 15.4 Å². The quantitative estimate of drug-likeness (QED) is 0.695. The molecular weight excluding hydrogens is 300 g/mol. The minimum Gasteiger partial charge on any atom is -0.399 e. The van der Waals surface area contributed by atoms with E-state index >= 15 is 0 Å². The van der Waals surface area contributed by atoms with Gasteiger partial charge in [0, 0.05) is 27.6 Å². The highest BCUT2D eigenvalue weighted by atomic mass is 35.5. The summed E-state index contributed by atoms with van der Waals surface area (Å²) in [5, 5.41) is 1.86. The molecular formula is C17H15ClN2S. The first-order valence-corrected chi connectivity index (χ1v) is 7.88. The van der Waals surface area contributed by atoms with E-state index in [1.54, 1.807) is 11.3 Å². The molecule has 0 radical (unpaired) electrons. The van der Waals surface area contributed by atoms with Gasteiger partial charge in [0.15, 0.2) is 0 Å². The number of nitrogen functional groups attached to an aromatic ring is 1. The van der Waals surface area contributed by atoms with Crippen molar-refractivity contribution in [1.29, 1.82) is 0 Å². The van der Waals surface area contributed by atoms with Crippen molar-refractivity contribution in [3.63, 3.8) is 0 Å². The van der Waals surface area contributed by atoms with Crippen LogP contribution >= 0.6 is 22.9 Å². The number of hydrogen-bond acceptors (Lipinski definition) is 3. The number of nitrogens with zero attached hydrogens (tertiary/aromatic N) is 1. The van der Waals surface area contributed by atoms with Crippen molar-refractivity contribution in [2.24, 2.45) is 0 Å². The SMILES string of the molecule is Cc1sc(Cc2ccc(N)cc2)nc1-c1ccc(Cl)cc1. The topological polar surface area (TPSA) is 38.9 Å². The summed E-state index contributed by atoms with van der Waals surface area (Å²) in [6.07, 6.45) is 0.833. The van der Waals surface area contributed by atoms with Gasteiger partial charge < -0.3 is 5.73 Å². The Morgan fingerprint density at radius 3 is 2.38 bits per heavy atom. The molecule has 3 aromatic rings. The van der Waals surface area contributed by atoms with Gasteiger partial charge in [-0.3, -0.25) is 0 Å². The minimum absolute atomic E-state index is 0.744. The van der Waals surface area contributed by atoms with Gasteiger partial charge in [-0.05, 0) is 36.8 Å². The van der Waals surface area contributed by atoms with Crippen molar-refractivity contribution in [3.05, 3.63) is 69.0 Å². The monoisotopic (exact) mass is 314 g/mol. The van der Waals surface area contributed by atoms with Crippen LogP contribution in [-0.2, 0) is 6.42 Å². The van der Waals surface area contributed by atoms with Gasteiger partial charge in [0.2, 0.25) is 0 Å². The van der Waals surface area contributed by atoms with E-state index in [-0.39, 0.29) is 0 Å². The standard InChI is InChI=1S/C17H15ClN2S/c1-11-17(13-4-6-14(18)7-5-13)20-16(21-11)10-12-2-8-15(19)9-3-12/h2-9H,10,19H2,1H3. The van der Waals surface area contributed by atoms with Crippen molar-refractivity contribution in [3.8, 4) is 11.3 Å². The number of halogens is 1. The first-order chi connectivity index (χ1) is 10.1. The molecule has 0 saturated carbocycles. The normalized spacial score (nSPS) is 10.8. The van der Waals surface area contributed by atoms with E-state index in [1.807, 2.05) is 48.5 Å². The summed E-state index contributed by atoms with van der Waals surface area (Å²) in [5.74, 6) is 0. The van der Waals surface area contributed by atoms with Gasteiger partial charge in [-0.1, -0.05) is 35.9 Å². The fourth-order valence-electron chi connectivity index (χ4n) is 2.21. The van der Waals surface area contributed by atoms with Gasteiger partial charge in [0.25, 0.3) is 0 Å². The molecule has 0 saturated heterocycles. The highest BCUT2D eigenvalue weighted by molar-refractivity contribution is 7.12. The van der Waals surface area contributed by atoms with E-state index < -0.39 is 0 Å². The van der Waals surface area contributed by atoms with Crippen LogP contribution in [0.4, 0.5) is 5.69 Å². The lowest BCUT2D eigenvalue weighted by Gasteiger charge is -1.99. The molecule has 2 nitrogen and oxygen atoms in total. The maximum atomic E-state index is 5.94. The van der Waals surface area contributed by atoms with Crippen LogP contribution in [0.5, 0.6) is 0 Å². The molecule has 0 spiro atoms. The van der Waals surface area contributed by atoms with Crippen molar-refractivity contribution in [1.82, 2.24) is 4.98 Å². The van der Waals surface area contributed by atoms with Crippen LogP contribution < -0.4 is 5.73 Å². The highest BCUT2D eigenvalue weighted by Gasteiger charge is 2.10. The van der Waals surface area contributed by atoms with E-state index in [0.29, 0.717) is 0 Å². The maximum Gasteiger partial charge on any atom is 0.0979 e. The lowest BCUT2D eigenvalue weighted by atomic mass is 10.1. The average molecular weight is 315 g/mol. The minimum atomic E-state index is 0.744. The summed E-state index contributed by atoms with van der Waals surface area (Å²) < 4.78 is 0. The Morgan fingerprint density at radius 2 is 1.71 bits per heavy atom. The van der Waals surface area contributed by atoms with E-state index in [9.17, 15) is 0 Å². The molecule has 106 valence electrons. The molecule has 21 heavy (non-hydrogen) atoms. The number of thiazole rings is 1. The predicted octanol–water partition coefficient (Wildman–Crippen LogP) is 4.94. The smallest absolute Gasteiger partial charge is 0.0979 e. The van der Waals surface area contributed by atoms with E-state index in [0.717, 1.165) is 33.4 Å². The first-order valence-electron chi connectivity index (χ1n) is 6.68. The van der Waals surface area contributed by atoms with Crippen LogP contribution in [0.2, 0.25) is 5.02 Å². The molecule has 1 aromatic heterocycles. The van der Waals surface area contributed by atoms with Gasteiger partial charge in [-0.15, -0.1) is 11.3 Å². The van der Waals surface area contributed by atoms with Crippen molar-refractivity contribution in [2.45, 2.75) is 13.3 Å². The van der Waals surface area contributed by atoms with Crippen molar-refractivity contribution >= 4 is 28.6 Å². The highest BCUT2D eigenvalue weighted by Crippen LogP contribution is 2.29. The zero-order chi connectivity index (χ0) is 14.8. The molecule has 2 aromatic carbocycles. The Hall–Kier alpha value is -1.84. The maximum absolute atomic E-state index is 5.94. The number of nitrogens with two attached hydrogens (primary N) is 1. The Balaban J connectivity index is 1.87. The van der Waals surface area contributed by atoms with Gasteiger partial charge in [0.05, 0.1) is 10.7 Å². The Morgan fingerprint density at radius 1 is 1.05 bits per heavy atom. The van der Waals surface area contributed by atoms with Crippen LogP contribution in [-0.4, -0.2) is 4.98 Å². The average Bonchev–Trinajstić information content (AvgIpc) is 2.83.